The summed E-state index contributed by atoms with van der Waals surface area (Å²) in [6.07, 6.45) is 2.90. The fourth-order valence-corrected chi connectivity index (χ4v) is 2.34. The highest BCUT2D eigenvalue weighted by molar-refractivity contribution is 8.93. The molecule has 1 aromatic carbocycles. The number of para-hydroxylation sites is 1. The van der Waals surface area contributed by atoms with E-state index in [2.05, 4.69) is 24.1 Å². The second-order valence-electron chi connectivity index (χ2n) is 3.33. The van der Waals surface area contributed by atoms with Crippen LogP contribution in [0, 0.1) is 0 Å². The van der Waals surface area contributed by atoms with Crippen LogP contribution in [0.5, 0.6) is 0 Å². The minimum Gasteiger partial charge on any atom is -0.324 e. The SMILES string of the molecule is Br.CC1CCCS1.NNc1ccccc1. The van der Waals surface area contributed by atoms with Gasteiger partial charge in [-0.2, -0.15) is 11.8 Å². The van der Waals surface area contributed by atoms with Crippen molar-refractivity contribution >= 4 is 34.4 Å². The van der Waals surface area contributed by atoms with Gasteiger partial charge in [-0.25, -0.2) is 0 Å². The predicted octanol–water partition coefficient (Wildman–Crippen LogP) is 3.45. The Hall–Kier alpha value is -0.190. The summed E-state index contributed by atoms with van der Waals surface area (Å²) in [6, 6.07) is 9.60. The number of hydrogen-bond donors (Lipinski definition) is 2. The summed E-state index contributed by atoms with van der Waals surface area (Å²) in [6.45, 7) is 2.30. The molecular formula is C11H19BrN2S. The Balaban J connectivity index is 0.000000253. The van der Waals surface area contributed by atoms with Gasteiger partial charge in [-0.05, 0) is 30.7 Å². The fourth-order valence-electron chi connectivity index (χ4n) is 1.27. The van der Waals surface area contributed by atoms with Crippen LogP contribution in [0.1, 0.15) is 19.8 Å². The van der Waals surface area contributed by atoms with E-state index < -0.39 is 0 Å². The molecule has 0 bridgehead atoms. The van der Waals surface area contributed by atoms with E-state index in [1.165, 1.54) is 18.6 Å². The lowest BCUT2D eigenvalue weighted by molar-refractivity contribution is 0.838. The van der Waals surface area contributed by atoms with Crippen LogP contribution < -0.4 is 11.3 Å². The molecule has 3 N–H and O–H groups in total. The van der Waals surface area contributed by atoms with Crippen molar-refractivity contribution < 1.29 is 0 Å². The lowest BCUT2D eigenvalue weighted by atomic mass is 10.3. The Morgan fingerprint density at radius 2 is 2.00 bits per heavy atom. The lowest BCUT2D eigenvalue weighted by Gasteiger charge is -1.94. The predicted molar refractivity (Wildman–Crippen MR) is 75.7 cm³/mol. The van der Waals surface area contributed by atoms with Gasteiger partial charge in [-0.15, -0.1) is 17.0 Å². The second kappa shape index (κ2) is 9.07. The molecule has 1 atom stereocenters. The molecule has 2 rings (SSSR count). The first-order valence-electron chi connectivity index (χ1n) is 4.96. The van der Waals surface area contributed by atoms with E-state index in [0.717, 1.165) is 10.9 Å². The van der Waals surface area contributed by atoms with Crippen LogP contribution in [0.2, 0.25) is 0 Å². The van der Waals surface area contributed by atoms with E-state index >= 15 is 0 Å². The van der Waals surface area contributed by atoms with E-state index in [1.54, 1.807) is 0 Å². The van der Waals surface area contributed by atoms with Crippen LogP contribution >= 0.6 is 28.7 Å². The van der Waals surface area contributed by atoms with Crippen molar-refractivity contribution in [1.29, 1.82) is 0 Å². The molecule has 1 aromatic rings. The molecule has 4 heteroatoms. The first-order valence-corrected chi connectivity index (χ1v) is 6.01. The van der Waals surface area contributed by atoms with Gasteiger partial charge in [0.1, 0.15) is 0 Å². The zero-order valence-electron chi connectivity index (χ0n) is 8.98. The van der Waals surface area contributed by atoms with Gasteiger partial charge >= 0.3 is 0 Å². The monoisotopic (exact) mass is 290 g/mol. The van der Waals surface area contributed by atoms with Crippen molar-refractivity contribution in [3.05, 3.63) is 30.3 Å². The number of halogens is 1. The van der Waals surface area contributed by atoms with Gasteiger partial charge in [0, 0.05) is 10.9 Å². The maximum Gasteiger partial charge on any atom is 0.0485 e. The lowest BCUT2D eigenvalue weighted by Crippen LogP contribution is -2.05. The van der Waals surface area contributed by atoms with E-state index in [4.69, 9.17) is 5.84 Å². The molecule has 0 aliphatic carbocycles. The minimum atomic E-state index is 0. The third kappa shape index (κ3) is 6.82. The van der Waals surface area contributed by atoms with Crippen molar-refractivity contribution in [3.63, 3.8) is 0 Å². The van der Waals surface area contributed by atoms with Gasteiger partial charge in [0.15, 0.2) is 0 Å². The van der Waals surface area contributed by atoms with Crippen molar-refractivity contribution in [2.45, 2.75) is 25.0 Å². The molecule has 0 radical (unpaired) electrons. The highest BCUT2D eigenvalue weighted by Crippen LogP contribution is 2.24. The Bertz CT molecular complexity index is 238. The summed E-state index contributed by atoms with van der Waals surface area (Å²) >= 11 is 2.10. The molecule has 86 valence electrons. The van der Waals surface area contributed by atoms with Crippen LogP contribution in [0.3, 0.4) is 0 Å². The van der Waals surface area contributed by atoms with Gasteiger partial charge < -0.3 is 5.43 Å². The Morgan fingerprint density at radius 1 is 1.33 bits per heavy atom. The highest BCUT2D eigenvalue weighted by atomic mass is 79.9. The van der Waals surface area contributed by atoms with Gasteiger partial charge in [0.2, 0.25) is 0 Å². The minimum absolute atomic E-state index is 0. The number of benzene rings is 1. The quantitative estimate of drug-likeness (QED) is 0.615. The summed E-state index contributed by atoms with van der Waals surface area (Å²) in [5, 5.41) is 0.963. The molecule has 0 amide bonds. The molecule has 0 saturated carbocycles. The summed E-state index contributed by atoms with van der Waals surface area (Å²) < 4.78 is 0. The summed E-state index contributed by atoms with van der Waals surface area (Å²) in [5.74, 6) is 6.50. The molecule has 1 aliphatic heterocycles. The first-order chi connectivity index (χ1) is 6.83. The second-order valence-corrected chi connectivity index (χ2v) is 4.88. The van der Waals surface area contributed by atoms with Gasteiger partial charge in [0.25, 0.3) is 0 Å². The zero-order valence-corrected chi connectivity index (χ0v) is 11.5. The van der Waals surface area contributed by atoms with E-state index in [-0.39, 0.29) is 17.0 Å². The summed E-state index contributed by atoms with van der Waals surface area (Å²) in [4.78, 5) is 0. The molecule has 2 nitrogen and oxygen atoms in total. The molecule has 0 spiro atoms. The van der Waals surface area contributed by atoms with Crippen molar-refractivity contribution in [2.24, 2.45) is 5.84 Å². The fraction of sp³-hybridized carbons (Fsp3) is 0.455. The molecule has 1 saturated heterocycles. The number of nitrogens with two attached hydrogens (primary N) is 1. The third-order valence-corrected chi connectivity index (χ3v) is 3.43. The van der Waals surface area contributed by atoms with Gasteiger partial charge in [-0.1, -0.05) is 25.1 Å². The number of hydrogen-bond acceptors (Lipinski definition) is 3. The van der Waals surface area contributed by atoms with E-state index in [0.29, 0.717) is 0 Å². The maximum absolute atomic E-state index is 5.10. The average molecular weight is 291 g/mol. The molecule has 1 fully saturated rings. The number of hydrazine groups is 1. The molecular weight excluding hydrogens is 272 g/mol. The number of anilines is 1. The molecule has 15 heavy (non-hydrogen) atoms. The molecule has 0 aromatic heterocycles. The van der Waals surface area contributed by atoms with Gasteiger partial charge in [-0.3, -0.25) is 5.84 Å². The Morgan fingerprint density at radius 3 is 2.27 bits per heavy atom. The molecule has 1 heterocycles. The van der Waals surface area contributed by atoms with E-state index in [9.17, 15) is 0 Å². The number of nitrogen functional groups attached to an aromatic ring is 1. The smallest absolute Gasteiger partial charge is 0.0485 e. The van der Waals surface area contributed by atoms with Crippen LogP contribution in [0.4, 0.5) is 5.69 Å². The first kappa shape index (κ1) is 14.8. The van der Waals surface area contributed by atoms with E-state index in [1.807, 2.05) is 30.3 Å². The summed E-state index contributed by atoms with van der Waals surface area (Å²) in [5.41, 5.74) is 3.46. The van der Waals surface area contributed by atoms with Gasteiger partial charge in [0.05, 0.1) is 0 Å². The largest absolute Gasteiger partial charge is 0.324 e. The molecule has 1 unspecified atom stereocenters. The van der Waals surface area contributed by atoms with Crippen LogP contribution in [-0.2, 0) is 0 Å². The third-order valence-electron chi connectivity index (χ3n) is 2.10. The van der Waals surface area contributed by atoms with Crippen LogP contribution in [-0.4, -0.2) is 11.0 Å². The average Bonchev–Trinajstić information content (AvgIpc) is 2.71. The van der Waals surface area contributed by atoms with Crippen LogP contribution in [0.15, 0.2) is 30.3 Å². The number of nitrogens with one attached hydrogen (secondary N) is 1. The van der Waals surface area contributed by atoms with Crippen LogP contribution in [0.25, 0.3) is 0 Å². The topological polar surface area (TPSA) is 38.0 Å². The highest BCUT2D eigenvalue weighted by Gasteiger charge is 2.07. The number of thioether (sulfide) groups is 1. The Kier molecular flexibility index (Phi) is 8.95. The standard InChI is InChI=1S/C6H8N2.C5H10S.BrH/c7-8-6-4-2-1-3-5-6;1-5-3-2-4-6-5;/h1-5,8H,7H2;5H,2-4H2,1H3;1H. The Labute approximate surface area is 107 Å². The maximum atomic E-state index is 5.10. The van der Waals surface area contributed by atoms with Crippen molar-refractivity contribution in [3.8, 4) is 0 Å². The van der Waals surface area contributed by atoms with Crippen molar-refractivity contribution in [1.82, 2.24) is 0 Å². The number of rotatable bonds is 1. The zero-order chi connectivity index (χ0) is 10.2. The summed E-state index contributed by atoms with van der Waals surface area (Å²) in [7, 11) is 0. The molecule has 1 aliphatic rings. The van der Waals surface area contributed by atoms with Crippen molar-refractivity contribution in [2.75, 3.05) is 11.2 Å². The normalized spacial score (nSPS) is 18.4.